The number of unbranched alkanes of at least 4 members (excludes halogenated alkanes) is 3. The summed E-state index contributed by atoms with van der Waals surface area (Å²) in [7, 11) is -71.2. The van der Waals surface area contributed by atoms with Gasteiger partial charge in [-0.05, 0) is 32.7 Å². The molecule has 0 aromatic heterocycles. The Morgan fingerprint density at radius 3 is 0.458 bits per heavy atom. The van der Waals surface area contributed by atoms with Crippen molar-refractivity contribution in [2.24, 2.45) is 11.8 Å². The standard InChI is InChI=1S/C40H99N2O60P15S/c1-41-33-39(35-99-103(43,44)45)36-100-115(68,69)96-29-26-94-113(64,65)91-24-22-89-110(58,59)87-20-18-85-108(54,55)83-16-14-81-106(50,51)79-12-10-77-105(48,49)78-11-13-80-107(52,53)82-15-17-84-109(56,57)86-19-21-88-111(60,61)90-23-25-92-114(66,67)95-28-31-98-117(72,73)102-38-40(34-42-2)37-101-116(70,71)97-30-27-93-112(62,63)76-9-8-75-104(46,47)74-7-5-3-4-6-32-118/h39-42,118H,3-38H2,1-2H3,(H,46,47)(H,48,49)(H,50,51)(H,52,53)(H,54,55)(H,56,57)(H,58,59)(H,60,61)(H,62,63)(H,64,65)(H,66,67)(H,68,69)(H,70,71)(H,72,73)(H2,43,44,45). The fraction of sp³-hybridized carbons (Fsp3) is 1.00. The topological polar surface area (TPSA) is 871 Å². The van der Waals surface area contributed by atoms with Crippen LogP contribution in [0.3, 0.4) is 0 Å². The van der Waals surface area contributed by atoms with E-state index in [0.717, 1.165) is 19.3 Å². The number of thiol groups is 1. The van der Waals surface area contributed by atoms with E-state index in [9.17, 15) is 137 Å². The molecule has 0 saturated heterocycles. The predicted molar refractivity (Wildman–Crippen MR) is 389 cm³/mol. The van der Waals surface area contributed by atoms with Gasteiger partial charge in [0, 0.05) is 24.9 Å². The van der Waals surface area contributed by atoms with Gasteiger partial charge in [-0.3, -0.25) is 131 Å². The lowest BCUT2D eigenvalue weighted by Gasteiger charge is -2.20. The van der Waals surface area contributed by atoms with Crippen LogP contribution in [0.15, 0.2) is 0 Å². The van der Waals surface area contributed by atoms with Gasteiger partial charge in [-0.1, -0.05) is 12.8 Å². The van der Waals surface area contributed by atoms with Gasteiger partial charge in [0.25, 0.3) is 0 Å². The zero-order valence-corrected chi connectivity index (χ0v) is 76.2. The Bertz CT molecular complexity index is 3570. The largest absolute Gasteiger partial charge is 0.472 e. The fourth-order valence-electron chi connectivity index (χ4n) is 6.64. The number of rotatable bonds is 83. The third-order valence-electron chi connectivity index (χ3n) is 11.3. The Morgan fingerprint density at radius 2 is 0.322 bits per heavy atom. The van der Waals surface area contributed by atoms with Gasteiger partial charge >= 0.3 is 117 Å². The molecule has 0 aliphatic rings. The van der Waals surface area contributed by atoms with E-state index in [1.165, 1.54) is 14.1 Å². The average Bonchev–Trinajstić information content (AvgIpc) is 0.896. The lowest BCUT2D eigenvalue weighted by Crippen LogP contribution is -2.27. The fourth-order valence-corrected chi connectivity index (χ4v) is 17.2. The zero-order chi connectivity index (χ0) is 90.0. The lowest BCUT2D eigenvalue weighted by molar-refractivity contribution is 0.0685. The van der Waals surface area contributed by atoms with E-state index < -0.39 is 314 Å². The minimum absolute atomic E-state index is 0.0255. The van der Waals surface area contributed by atoms with Crippen molar-refractivity contribution >= 4 is 130 Å². The molecular formula is C40H99N2O60P15S. The van der Waals surface area contributed by atoms with Crippen molar-refractivity contribution in [2.45, 2.75) is 25.7 Å². The maximum atomic E-state index is 12.4. The molecule has 0 fully saturated rings. The SMILES string of the molecule is CNCC(COP(=O)(O)O)COP(=O)(O)OCCOP(=O)(O)OCCOP(=O)(O)OCCOP(=O)(O)OCCOP(=O)(O)OCCOP(=O)(O)OCCOP(=O)(O)OCCOP(=O)(O)OCCOP(=O)(O)OCCOP(=O)(O)OCCOP(=O)(O)OCC(CNC)COP(=O)(O)OCCOP(=O)(O)OCCOP(=O)(O)OCCCCCCS. The van der Waals surface area contributed by atoms with Crippen molar-refractivity contribution in [1.82, 2.24) is 10.6 Å². The smallest absolute Gasteiger partial charge is 0.319 e. The molecular weight excluding hydrogens is 1970 g/mol. The van der Waals surface area contributed by atoms with Gasteiger partial charge in [0.15, 0.2) is 0 Å². The highest BCUT2D eigenvalue weighted by atomic mass is 32.1. The first-order valence-electron chi connectivity index (χ1n) is 32.6. The molecule has 62 nitrogen and oxygen atoms in total. The van der Waals surface area contributed by atoms with E-state index in [4.69, 9.17) is 27.9 Å². The van der Waals surface area contributed by atoms with Crippen molar-refractivity contribution in [2.75, 3.05) is 225 Å². The summed E-state index contributed by atoms with van der Waals surface area (Å²) in [6.07, 6.45) is 2.90. The van der Waals surface area contributed by atoms with Gasteiger partial charge in [-0.2, -0.15) is 12.6 Å². The highest BCUT2D eigenvalue weighted by Gasteiger charge is 2.35. The summed E-state index contributed by atoms with van der Waals surface area (Å²) in [4.78, 5) is 155. The second kappa shape index (κ2) is 60.8. The first-order valence-corrected chi connectivity index (χ1v) is 55.7. The van der Waals surface area contributed by atoms with Crippen LogP contribution in [0.5, 0.6) is 0 Å². The van der Waals surface area contributed by atoms with Gasteiger partial charge in [-0.25, -0.2) is 68.5 Å². The number of phosphoric acid groups is 15. The Balaban J connectivity index is 4.39. The molecule has 0 radical (unpaired) electrons. The highest BCUT2D eigenvalue weighted by Crippen LogP contribution is 2.54. The third-order valence-corrected chi connectivity index (χ3v) is 26.2. The molecule has 118 heavy (non-hydrogen) atoms. The Morgan fingerprint density at radius 1 is 0.195 bits per heavy atom. The molecule has 710 valence electrons. The van der Waals surface area contributed by atoms with Crippen LogP contribution in [0, 0.1) is 11.8 Å². The summed E-state index contributed by atoms with van der Waals surface area (Å²) in [6, 6.07) is 0. The molecule has 0 rings (SSSR count). The van der Waals surface area contributed by atoms with Crippen LogP contribution in [0.25, 0.3) is 0 Å². The summed E-state index contributed by atoms with van der Waals surface area (Å²) >= 11 is 4.08. The summed E-state index contributed by atoms with van der Waals surface area (Å²) in [5.41, 5.74) is 0. The molecule has 0 saturated carbocycles. The second-order valence-corrected chi connectivity index (χ2v) is 43.1. The second-order valence-electron chi connectivity index (χ2n) is 21.0. The van der Waals surface area contributed by atoms with Crippen LogP contribution < -0.4 is 10.6 Å². The molecule has 0 spiro atoms. The summed E-state index contributed by atoms with van der Waals surface area (Å²) in [5, 5.41) is 5.29. The minimum atomic E-state index is -5.05. The van der Waals surface area contributed by atoms with Crippen LogP contribution in [0.1, 0.15) is 25.7 Å². The number of hydrogen-bond donors (Lipinski definition) is 19. The van der Waals surface area contributed by atoms with Gasteiger partial charge in [-0.15, -0.1) is 0 Å². The van der Waals surface area contributed by atoms with Crippen LogP contribution >= 0.6 is 130 Å². The van der Waals surface area contributed by atoms with Crippen molar-refractivity contribution in [3.05, 3.63) is 0 Å². The quantitative estimate of drug-likeness (QED) is 0.0236. The van der Waals surface area contributed by atoms with Crippen molar-refractivity contribution < 1.29 is 278 Å². The molecule has 16 unspecified atom stereocenters. The number of nitrogens with one attached hydrogen (secondary N) is 2. The molecule has 0 aromatic carbocycles. The number of phosphoric ester groups is 15. The average molecular weight is 2060 g/mol. The third kappa shape index (κ3) is 72.7. The van der Waals surface area contributed by atoms with E-state index in [-0.39, 0.29) is 19.7 Å². The van der Waals surface area contributed by atoms with E-state index >= 15 is 0 Å². The van der Waals surface area contributed by atoms with Crippen LogP contribution in [0.4, 0.5) is 0 Å². The van der Waals surface area contributed by atoms with Gasteiger partial charge in [0.05, 0.1) is 192 Å². The van der Waals surface area contributed by atoms with Gasteiger partial charge in [0.2, 0.25) is 0 Å². The predicted octanol–water partition coefficient (Wildman–Crippen LogP) is 3.13. The summed E-state index contributed by atoms with van der Waals surface area (Å²) < 4.78 is 313. The van der Waals surface area contributed by atoms with Gasteiger partial charge in [0.1, 0.15) is 0 Å². The maximum Gasteiger partial charge on any atom is 0.472 e. The lowest BCUT2D eigenvalue weighted by atomic mass is 10.2. The molecule has 0 aliphatic heterocycles. The first-order chi connectivity index (χ1) is 54.3. The van der Waals surface area contributed by atoms with E-state index in [0.29, 0.717) is 12.2 Å². The molecule has 0 bridgehead atoms. The highest BCUT2D eigenvalue weighted by molar-refractivity contribution is 7.80. The van der Waals surface area contributed by atoms with Crippen molar-refractivity contribution in [1.29, 1.82) is 0 Å². The van der Waals surface area contributed by atoms with Crippen LogP contribution in [-0.4, -0.2) is 303 Å². The summed E-state index contributed by atoms with van der Waals surface area (Å²) in [5.74, 6) is -1.11. The zero-order valence-electron chi connectivity index (χ0n) is 61.9. The van der Waals surface area contributed by atoms with E-state index in [1.807, 2.05) is 0 Å². The Labute approximate surface area is 677 Å². The van der Waals surface area contributed by atoms with Crippen LogP contribution in [0.2, 0.25) is 0 Å². The normalized spacial score (nSPS) is 20.3. The minimum Gasteiger partial charge on any atom is -0.319 e. The summed E-state index contributed by atoms with van der Waals surface area (Å²) in [6.45, 7) is -24.4. The van der Waals surface area contributed by atoms with Crippen molar-refractivity contribution in [3.63, 3.8) is 0 Å². The van der Waals surface area contributed by atoms with Gasteiger partial charge < -0.3 is 88.9 Å². The molecule has 16 atom stereocenters. The van der Waals surface area contributed by atoms with Crippen LogP contribution in [-0.2, 0) is 200 Å². The van der Waals surface area contributed by atoms with E-state index in [1.54, 1.807) is 0 Å². The Hall–Kier alpha value is 1.92. The molecule has 0 amide bonds. The molecule has 78 heteroatoms. The Kier molecular flexibility index (Phi) is 61.8. The maximum absolute atomic E-state index is 12.4. The molecule has 0 aliphatic carbocycles. The number of hydrogen-bond acceptors (Lipinski definition) is 47. The molecule has 0 heterocycles. The van der Waals surface area contributed by atoms with Crippen molar-refractivity contribution in [3.8, 4) is 0 Å². The monoisotopic (exact) mass is 2060 g/mol. The molecule has 0 aromatic rings. The first kappa shape index (κ1) is 120. The van der Waals surface area contributed by atoms with E-state index in [2.05, 4.69) is 136 Å². The molecule has 18 N–H and O–H groups in total.